The molecule has 1 heterocycles. The second kappa shape index (κ2) is 6.74. The summed E-state index contributed by atoms with van der Waals surface area (Å²) < 4.78 is 5.55. The molecule has 0 amide bonds. The molecule has 0 atom stereocenters. The van der Waals surface area contributed by atoms with Crippen LogP contribution in [0.2, 0.25) is 0 Å². The van der Waals surface area contributed by atoms with E-state index in [4.69, 9.17) is 16.3 Å². The highest BCUT2D eigenvalue weighted by Gasteiger charge is 2.13. The van der Waals surface area contributed by atoms with Gasteiger partial charge in [-0.25, -0.2) is 0 Å². The highest BCUT2D eigenvalue weighted by Crippen LogP contribution is 2.34. The SMILES string of the molecule is CCOc1ccccc1/C(Cl)=C(/C#N)c1cccnc1. The number of hydrogen-bond donors (Lipinski definition) is 0. The minimum atomic E-state index is 0.365. The Morgan fingerprint density at radius 2 is 2.10 bits per heavy atom. The van der Waals surface area contributed by atoms with Crippen molar-refractivity contribution in [3.8, 4) is 11.8 Å². The Labute approximate surface area is 123 Å². The molecule has 2 rings (SSSR count). The maximum Gasteiger partial charge on any atom is 0.128 e. The average molecular weight is 285 g/mol. The predicted molar refractivity (Wildman–Crippen MR) is 80.1 cm³/mol. The molecule has 0 unspecified atom stereocenters. The van der Waals surface area contributed by atoms with Crippen molar-refractivity contribution in [2.45, 2.75) is 6.92 Å². The molecule has 0 saturated carbocycles. The second-order valence-electron chi connectivity index (χ2n) is 3.97. The fraction of sp³-hybridized carbons (Fsp3) is 0.125. The molecule has 0 aliphatic heterocycles. The van der Waals surface area contributed by atoms with Crippen molar-refractivity contribution in [3.05, 3.63) is 59.9 Å². The van der Waals surface area contributed by atoms with Gasteiger partial charge < -0.3 is 4.74 Å². The smallest absolute Gasteiger partial charge is 0.128 e. The summed E-state index contributed by atoms with van der Waals surface area (Å²) in [5, 5.41) is 9.74. The first kappa shape index (κ1) is 14.1. The van der Waals surface area contributed by atoms with E-state index in [0.29, 0.717) is 34.1 Å². The van der Waals surface area contributed by atoms with Gasteiger partial charge in [0.05, 0.1) is 17.2 Å². The lowest BCUT2D eigenvalue weighted by atomic mass is 10.0. The molecule has 100 valence electrons. The van der Waals surface area contributed by atoms with E-state index < -0.39 is 0 Å². The van der Waals surface area contributed by atoms with Crippen molar-refractivity contribution in [3.63, 3.8) is 0 Å². The molecule has 0 N–H and O–H groups in total. The fourth-order valence-electron chi connectivity index (χ4n) is 1.82. The van der Waals surface area contributed by atoms with Crippen LogP contribution < -0.4 is 4.74 Å². The Hall–Kier alpha value is -2.31. The van der Waals surface area contributed by atoms with Gasteiger partial charge in [0, 0.05) is 23.5 Å². The fourth-order valence-corrected chi connectivity index (χ4v) is 2.12. The lowest BCUT2D eigenvalue weighted by Crippen LogP contribution is -1.96. The minimum Gasteiger partial charge on any atom is -0.493 e. The Kier molecular flexibility index (Phi) is 4.75. The number of halogens is 1. The van der Waals surface area contributed by atoms with E-state index in [0.717, 1.165) is 0 Å². The standard InChI is InChI=1S/C16H13ClN2O/c1-2-20-15-8-4-3-7-13(15)16(17)14(10-18)12-6-5-9-19-11-12/h3-9,11H,2H2,1H3/b16-14+. The summed E-state index contributed by atoms with van der Waals surface area (Å²) in [6, 6.07) is 13.1. The Balaban J connectivity index is 2.55. The zero-order valence-corrected chi connectivity index (χ0v) is 11.8. The summed E-state index contributed by atoms with van der Waals surface area (Å²) in [5.41, 5.74) is 1.77. The molecule has 0 aliphatic carbocycles. The van der Waals surface area contributed by atoms with Gasteiger partial charge in [0.2, 0.25) is 0 Å². The average Bonchev–Trinajstić information content (AvgIpc) is 2.50. The predicted octanol–water partition coefficient (Wildman–Crippen LogP) is 4.11. The van der Waals surface area contributed by atoms with Crippen LogP contribution in [0.25, 0.3) is 10.6 Å². The van der Waals surface area contributed by atoms with E-state index in [9.17, 15) is 5.26 Å². The van der Waals surface area contributed by atoms with E-state index >= 15 is 0 Å². The molecule has 0 spiro atoms. The first-order valence-corrected chi connectivity index (χ1v) is 6.58. The minimum absolute atomic E-state index is 0.365. The van der Waals surface area contributed by atoms with Crippen molar-refractivity contribution in [2.24, 2.45) is 0 Å². The van der Waals surface area contributed by atoms with Gasteiger partial charge in [-0.1, -0.05) is 29.8 Å². The van der Waals surface area contributed by atoms with Gasteiger partial charge in [-0.15, -0.1) is 0 Å². The molecule has 2 aromatic rings. The molecule has 1 aromatic carbocycles. The number of benzene rings is 1. The van der Waals surface area contributed by atoms with Crippen LogP contribution in [0.15, 0.2) is 48.8 Å². The van der Waals surface area contributed by atoms with Crippen molar-refractivity contribution >= 4 is 22.2 Å². The maximum atomic E-state index is 9.37. The molecule has 0 bridgehead atoms. The van der Waals surface area contributed by atoms with Crippen LogP contribution in [0.3, 0.4) is 0 Å². The quantitative estimate of drug-likeness (QED) is 0.794. The van der Waals surface area contributed by atoms with E-state index in [2.05, 4.69) is 11.1 Å². The lowest BCUT2D eigenvalue weighted by molar-refractivity contribution is 0.339. The zero-order chi connectivity index (χ0) is 14.4. The summed E-state index contributed by atoms with van der Waals surface area (Å²) >= 11 is 6.40. The lowest BCUT2D eigenvalue weighted by Gasteiger charge is -2.10. The summed E-state index contributed by atoms with van der Waals surface area (Å²) in [5.74, 6) is 0.664. The maximum absolute atomic E-state index is 9.37. The molecule has 0 aliphatic rings. The van der Waals surface area contributed by atoms with Crippen molar-refractivity contribution < 1.29 is 4.74 Å². The molecule has 0 fully saturated rings. The van der Waals surface area contributed by atoms with E-state index in [1.807, 2.05) is 31.2 Å². The molecule has 3 nitrogen and oxygen atoms in total. The molecular weight excluding hydrogens is 272 g/mol. The molecule has 0 saturated heterocycles. The zero-order valence-electron chi connectivity index (χ0n) is 11.0. The van der Waals surface area contributed by atoms with Crippen LogP contribution in [-0.4, -0.2) is 11.6 Å². The van der Waals surface area contributed by atoms with Crippen molar-refractivity contribution in [1.29, 1.82) is 5.26 Å². The largest absolute Gasteiger partial charge is 0.493 e. The van der Waals surface area contributed by atoms with E-state index in [1.165, 1.54) is 0 Å². The number of pyridine rings is 1. The monoisotopic (exact) mass is 284 g/mol. The summed E-state index contributed by atoms with van der Waals surface area (Å²) in [6.07, 6.45) is 3.27. The first-order chi connectivity index (χ1) is 9.77. The Morgan fingerprint density at radius 3 is 2.75 bits per heavy atom. The third-order valence-electron chi connectivity index (χ3n) is 2.70. The second-order valence-corrected chi connectivity index (χ2v) is 4.35. The Bertz CT molecular complexity index is 660. The summed E-state index contributed by atoms with van der Waals surface area (Å²) in [4.78, 5) is 4.01. The van der Waals surface area contributed by atoms with E-state index in [1.54, 1.807) is 24.5 Å². The van der Waals surface area contributed by atoms with Crippen LogP contribution in [0.4, 0.5) is 0 Å². The van der Waals surface area contributed by atoms with Crippen LogP contribution >= 0.6 is 11.6 Å². The highest BCUT2D eigenvalue weighted by molar-refractivity contribution is 6.53. The van der Waals surface area contributed by atoms with Gasteiger partial charge in [0.15, 0.2) is 0 Å². The van der Waals surface area contributed by atoms with Gasteiger partial charge in [0.25, 0.3) is 0 Å². The van der Waals surface area contributed by atoms with Gasteiger partial charge in [-0.3, -0.25) is 4.98 Å². The van der Waals surface area contributed by atoms with Crippen LogP contribution in [0.1, 0.15) is 18.1 Å². The van der Waals surface area contributed by atoms with E-state index in [-0.39, 0.29) is 0 Å². The van der Waals surface area contributed by atoms with Gasteiger partial charge in [0.1, 0.15) is 11.8 Å². The molecule has 4 heteroatoms. The highest BCUT2D eigenvalue weighted by atomic mass is 35.5. The van der Waals surface area contributed by atoms with Crippen LogP contribution in [-0.2, 0) is 0 Å². The summed E-state index contributed by atoms with van der Waals surface area (Å²) in [7, 11) is 0. The number of hydrogen-bond acceptors (Lipinski definition) is 3. The number of allylic oxidation sites excluding steroid dienone is 1. The number of ether oxygens (including phenoxy) is 1. The topological polar surface area (TPSA) is 45.9 Å². The first-order valence-electron chi connectivity index (χ1n) is 6.20. The Morgan fingerprint density at radius 1 is 1.30 bits per heavy atom. The van der Waals surface area contributed by atoms with Gasteiger partial charge in [-0.2, -0.15) is 5.26 Å². The third-order valence-corrected chi connectivity index (χ3v) is 3.10. The normalized spacial score (nSPS) is 11.4. The van der Waals surface area contributed by atoms with Crippen LogP contribution in [0, 0.1) is 11.3 Å². The van der Waals surface area contributed by atoms with Crippen molar-refractivity contribution in [2.75, 3.05) is 6.61 Å². The number of nitrogens with zero attached hydrogens (tertiary/aromatic N) is 2. The molecule has 0 radical (unpaired) electrons. The molecule has 20 heavy (non-hydrogen) atoms. The number of rotatable bonds is 4. The summed E-state index contributed by atoms with van der Waals surface area (Å²) in [6.45, 7) is 2.44. The number of para-hydroxylation sites is 1. The van der Waals surface area contributed by atoms with Gasteiger partial charge >= 0.3 is 0 Å². The number of aromatic nitrogens is 1. The molecular formula is C16H13ClN2O. The van der Waals surface area contributed by atoms with Crippen LogP contribution in [0.5, 0.6) is 5.75 Å². The number of nitriles is 1. The molecule has 1 aromatic heterocycles. The van der Waals surface area contributed by atoms with Gasteiger partial charge in [-0.05, 0) is 25.1 Å². The third kappa shape index (κ3) is 2.98. The van der Waals surface area contributed by atoms with Crippen molar-refractivity contribution in [1.82, 2.24) is 4.98 Å².